The molecule has 1 atom stereocenters. The summed E-state index contributed by atoms with van der Waals surface area (Å²) >= 11 is 0. The van der Waals surface area contributed by atoms with Crippen LogP contribution in [0, 0.1) is 5.92 Å². The van der Waals surface area contributed by atoms with Crippen molar-refractivity contribution in [2.24, 2.45) is 5.92 Å². The first kappa shape index (κ1) is 15.2. The van der Waals surface area contributed by atoms with Crippen LogP contribution in [-0.4, -0.2) is 30.4 Å². The zero-order chi connectivity index (χ0) is 16.2. The van der Waals surface area contributed by atoms with E-state index >= 15 is 0 Å². The second-order valence-electron chi connectivity index (χ2n) is 5.73. The molecular formula is C18H19N3O2. The minimum absolute atomic E-state index is 0.123. The van der Waals surface area contributed by atoms with Crippen molar-refractivity contribution in [1.82, 2.24) is 10.3 Å². The average molecular weight is 309 g/mol. The van der Waals surface area contributed by atoms with Crippen molar-refractivity contribution < 1.29 is 9.59 Å². The number of carbonyl (C=O) groups excluding carboxylic acids is 2. The molecule has 1 aliphatic rings. The minimum atomic E-state index is -0.123. The molecule has 0 saturated carbocycles. The molecule has 1 aliphatic heterocycles. The number of rotatable bonds is 4. The van der Waals surface area contributed by atoms with Crippen molar-refractivity contribution in [3.05, 3.63) is 59.9 Å². The Balaban J connectivity index is 1.70. The van der Waals surface area contributed by atoms with Crippen molar-refractivity contribution in [2.45, 2.75) is 12.8 Å². The van der Waals surface area contributed by atoms with E-state index in [1.807, 2.05) is 35.2 Å². The largest absolute Gasteiger partial charge is 0.355 e. The Kier molecular flexibility index (Phi) is 4.37. The van der Waals surface area contributed by atoms with Gasteiger partial charge >= 0.3 is 0 Å². The SMILES string of the molecule is CNC(=O)c1ccnc(C[C@H]2CC(=O)N(c3ccccc3)C2)c1. The van der Waals surface area contributed by atoms with E-state index < -0.39 is 0 Å². The van der Waals surface area contributed by atoms with Gasteiger partial charge < -0.3 is 10.2 Å². The Labute approximate surface area is 135 Å². The van der Waals surface area contributed by atoms with E-state index in [4.69, 9.17) is 0 Å². The Morgan fingerprint density at radius 1 is 1.30 bits per heavy atom. The van der Waals surface area contributed by atoms with Gasteiger partial charge in [0.25, 0.3) is 5.91 Å². The van der Waals surface area contributed by atoms with Crippen LogP contribution in [0.4, 0.5) is 5.69 Å². The smallest absolute Gasteiger partial charge is 0.251 e. The van der Waals surface area contributed by atoms with Crippen LogP contribution in [0.5, 0.6) is 0 Å². The fourth-order valence-corrected chi connectivity index (χ4v) is 2.95. The third kappa shape index (κ3) is 3.39. The molecule has 2 amide bonds. The van der Waals surface area contributed by atoms with E-state index in [0.29, 0.717) is 24.9 Å². The summed E-state index contributed by atoms with van der Waals surface area (Å²) in [7, 11) is 1.61. The third-order valence-electron chi connectivity index (χ3n) is 4.08. The van der Waals surface area contributed by atoms with Gasteiger partial charge in [-0.3, -0.25) is 14.6 Å². The van der Waals surface area contributed by atoms with Crippen molar-refractivity contribution >= 4 is 17.5 Å². The lowest BCUT2D eigenvalue weighted by atomic mass is 10.0. The van der Waals surface area contributed by atoms with Crippen LogP contribution >= 0.6 is 0 Å². The van der Waals surface area contributed by atoms with Crippen LogP contribution in [-0.2, 0) is 11.2 Å². The third-order valence-corrected chi connectivity index (χ3v) is 4.08. The summed E-state index contributed by atoms with van der Waals surface area (Å²) in [5.74, 6) is 0.237. The van der Waals surface area contributed by atoms with Crippen LogP contribution in [0.1, 0.15) is 22.5 Å². The predicted molar refractivity (Wildman–Crippen MR) is 88.2 cm³/mol. The highest BCUT2D eigenvalue weighted by Crippen LogP contribution is 2.26. The Morgan fingerprint density at radius 3 is 2.83 bits per heavy atom. The number of aromatic nitrogens is 1. The van der Waals surface area contributed by atoms with Gasteiger partial charge in [0.2, 0.25) is 5.91 Å². The zero-order valence-corrected chi connectivity index (χ0v) is 13.0. The first-order valence-electron chi connectivity index (χ1n) is 7.70. The number of hydrogen-bond donors (Lipinski definition) is 1. The first-order chi connectivity index (χ1) is 11.2. The van der Waals surface area contributed by atoms with Crippen molar-refractivity contribution in [1.29, 1.82) is 0 Å². The summed E-state index contributed by atoms with van der Waals surface area (Å²) < 4.78 is 0. The summed E-state index contributed by atoms with van der Waals surface area (Å²) in [6, 6.07) is 13.2. The monoisotopic (exact) mass is 309 g/mol. The Morgan fingerprint density at radius 2 is 2.09 bits per heavy atom. The molecule has 0 bridgehead atoms. The van der Waals surface area contributed by atoms with Gasteiger partial charge in [-0.25, -0.2) is 0 Å². The first-order valence-corrected chi connectivity index (χ1v) is 7.70. The van der Waals surface area contributed by atoms with Crippen molar-refractivity contribution in [2.75, 3.05) is 18.5 Å². The van der Waals surface area contributed by atoms with Crippen molar-refractivity contribution in [3.8, 4) is 0 Å². The number of nitrogens with one attached hydrogen (secondary N) is 1. The molecule has 23 heavy (non-hydrogen) atoms. The van der Waals surface area contributed by atoms with Gasteiger partial charge in [-0.05, 0) is 36.6 Å². The highest BCUT2D eigenvalue weighted by molar-refractivity contribution is 5.96. The summed E-state index contributed by atoms with van der Waals surface area (Å²) in [4.78, 5) is 30.1. The van der Waals surface area contributed by atoms with Crippen LogP contribution in [0.2, 0.25) is 0 Å². The fourth-order valence-electron chi connectivity index (χ4n) is 2.95. The molecule has 3 rings (SSSR count). The van der Waals surface area contributed by atoms with Crippen LogP contribution in [0.15, 0.2) is 48.7 Å². The van der Waals surface area contributed by atoms with Gasteiger partial charge in [-0.15, -0.1) is 0 Å². The number of para-hydroxylation sites is 1. The number of pyridine rings is 1. The number of benzene rings is 1. The highest BCUT2D eigenvalue weighted by Gasteiger charge is 2.30. The molecule has 118 valence electrons. The molecule has 5 nitrogen and oxygen atoms in total. The second-order valence-corrected chi connectivity index (χ2v) is 5.73. The standard InChI is InChI=1S/C18H19N3O2/c1-19-18(23)14-7-8-20-15(11-14)9-13-10-17(22)21(12-13)16-5-3-2-4-6-16/h2-8,11,13H,9-10,12H2,1H3,(H,19,23)/t13-/m0/s1. The molecule has 2 aromatic rings. The molecule has 0 spiro atoms. The maximum atomic E-state index is 12.2. The number of hydrogen-bond acceptors (Lipinski definition) is 3. The fraction of sp³-hybridized carbons (Fsp3) is 0.278. The van der Waals surface area contributed by atoms with E-state index in [1.165, 1.54) is 0 Å². The van der Waals surface area contributed by atoms with Gasteiger partial charge in [0, 0.05) is 43.2 Å². The van der Waals surface area contributed by atoms with E-state index in [0.717, 1.165) is 11.4 Å². The van der Waals surface area contributed by atoms with Gasteiger partial charge in [-0.1, -0.05) is 18.2 Å². The van der Waals surface area contributed by atoms with Gasteiger partial charge in [-0.2, -0.15) is 0 Å². The number of amides is 2. The molecule has 1 fully saturated rings. The van der Waals surface area contributed by atoms with Crippen LogP contribution < -0.4 is 10.2 Å². The van der Waals surface area contributed by atoms with Gasteiger partial charge in [0.05, 0.1) is 0 Å². The molecule has 0 radical (unpaired) electrons. The minimum Gasteiger partial charge on any atom is -0.355 e. The topological polar surface area (TPSA) is 62.3 Å². The number of nitrogens with zero attached hydrogens (tertiary/aromatic N) is 2. The molecule has 2 heterocycles. The van der Waals surface area contributed by atoms with E-state index in [-0.39, 0.29) is 17.7 Å². The van der Waals surface area contributed by atoms with Crippen LogP contribution in [0.25, 0.3) is 0 Å². The van der Waals surface area contributed by atoms with Gasteiger partial charge in [0.15, 0.2) is 0 Å². The lowest BCUT2D eigenvalue weighted by Crippen LogP contribution is -2.24. The normalized spacial score (nSPS) is 17.3. The van der Waals surface area contributed by atoms with Crippen LogP contribution in [0.3, 0.4) is 0 Å². The van der Waals surface area contributed by atoms with E-state index in [9.17, 15) is 9.59 Å². The molecule has 1 N–H and O–H groups in total. The number of carbonyl (C=O) groups is 2. The molecule has 5 heteroatoms. The lowest BCUT2D eigenvalue weighted by molar-refractivity contribution is -0.117. The summed E-state index contributed by atoms with van der Waals surface area (Å²) in [6.07, 6.45) is 2.85. The highest BCUT2D eigenvalue weighted by atomic mass is 16.2. The second kappa shape index (κ2) is 6.60. The van der Waals surface area contributed by atoms with Crippen molar-refractivity contribution in [3.63, 3.8) is 0 Å². The molecule has 1 aromatic carbocycles. The molecule has 1 saturated heterocycles. The lowest BCUT2D eigenvalue weighted by Gasteiger charge is -2.16. The molecule has 1 aromatic heterocycles. The predicted octanol–water partition coefficient (Wildman–Crippen LogP) is 2.04. The molecule has 0 unspecified atom stereocenters. The summed E-state index contributed by atoms with van der Waals surface area (Å²) in [5.41, 5.74) is 2.38. The van der Waals surface area contributed by atoms with E-state index in [2.05, 4.69) is 10.3 Å². The summed E-state index contributed by atoms with van der Waals surface area (Å²) in [6.45, 7) is 0.689. The average Bonchev–Trinajstić information content (AvgIpc) is 2.95. The molecular weight excluding hydrogens is 290 g/mol. The maximum absolute atomic E-state index is 12.2. The van der Waals surface area contributed by atoms with Gasteiger partial charge in [0.1, 0.15) is 0 Å². The Bertz CT molecular complexity index is 715. The quantitative estimate of drug-likeness (QED) is 0.940. The number of anilines is 1. The summed E-state index contributed by atoms with van der Waals surface area (Å²) in [5, 5.41) is 2.61. The zero-order valence-electron chi connectivity index (χ0n) is 13.0. The maximum Gasteiger partial charge on any atom is 0.251 e. The Hall–Kier alpha value is -2.69. The van der Waals surface area contributed by atoms with E-state index in [1.54, 1.807) is 25.4 Å². The molecule has 0 aliphatic carbocycles.